The predicted molar refractivity (Wildman–Crippen MR) is 74.4 cm³/mol. The molecule has 0 atom stereocenters. The lowest BCUT2D eigenvalue weighted by molar-refractivity contribution is -0.662. The first-order chi connectivity index (χ1) is 9.08. The number of ether oxygens (including phenoxy) is 1. The van der Waals surface area contributed by atoms with Crippen molar-refractivity contribution in [3.05, 3.63) is 28.8 Å². The fourth-order valence-electron chi connectivity index (χ4n) is 2.38. The van der Waals surface area contributed by atoms with Gasteiger partial charge in [-0.3, -0.25) is 4.79 Å². The maximum atomic E-state index is 12.0. The minimum atomic E-state index is 0.0895. The van der Waals surface area contributed by atoms with Crippen LogP contribution >= 0.6 is 0 Å². The van der Waals surface area contributed by atoms with E-state index in [2.05, 4.69) is 18.3 Å². The highest BCUT2D eigenvalue weighted by Gasteiger charge is 2.18. The minimum absolute atomic E-state index is 0.0895. The van der Waals surface area contributed by atoms with Gasteiger partial charge in [0, 0.05) is 0 Å². The number of nitrogens with zero attached hydrogens (tertiary/aromatic N) is 1. The Balaban J connectivity index is 1.96. The van der Waals surface area contributed by atoms with Crippen LogP contribution in [0.1, 0.15) is 16.7 Å². The second kappa shape index (κ2) is 6.06. The van der Waals surface area contributed by atoms with Crippen LogP contribution in [0.3, 0.4) is 0 Å². The van der Waals surface area contributed by atoms with Gasteiger partial charge in [0.1, 0.15) is 5.75 Å². The molecule has 1 aliphatic rings. The van der Waals surface area contributed by atoms with E-state index < -0.39 is 0 Å². The highest BCUT2D eigenvalue weighted by Crippen LogP contribution is 2.23. The van der Waals surface area contributed by atoms with E-state index >= 15 is 0 Å². The third-order valence-corrected chi connectivity index (χ3v) is 3.67. The zero-order chi connectivity index (χ0) is 13.8. The Kier molecular flexibility index (Phi) is 4.43. The maximum Gasteiger partial charge on any atom is 0.260 e. The molecule has 1 aromatic rings. The summed E-state index contributed by atoms with van der Waals surface area (Å²) in [5, 5.41) is 2.23. The summed E-state index contributed by atoms with van der Waals surface area (Å²) >= 11 is 0. The lowest BCUT2D eigenvalue weighted by Crippen LogP contribution is -2.90. The summed E-state index contributed by atoms with van der Waals surface area (Å²) in [6.07, 6.45) is 0. The van der Waals surface area contributed by atoms with Crippen molar-refractivity contribution in [3.8, 4) is 5.75 Å². The molecule has 1 aromatic carbocycles. The van der Waals surface area contributed by atoms with E-state index in [1.807, 2.05) is 24.8 Å². The SMILES string of the molecule is Cc1cc(C)c(C)c(OCC(=O)N2CC[NH2+]CC2)c1. The molecule has 0 unspecified atom stereocenters. The standard InChI is InChI=1S/C15H22N2O2/c1-11-8-12(2)13(3)14(9-11)19-10-15(18)17-6-4-16-5-7-17/h8-9,16H,4-7,10H2,1-3H3/p+1. The molecule has 2 N–H and O–H groups in total. The average molecular weight is 263 g/mol. The molecule has 1 heterocycles. The lowest BCUT2D eigenvalue weighted by Gasteiger charge is -2.25. The molecule has 1 amide bonds. The van der Waals surface area contributed by atoms with Crippen LogP contribution in [0.2, 0.25) is 0 Å². The molecule has 1 fully saturated rings. The van der Waals surface area contributed by atoms with Gasteiger partial charge >= 0.3 is 0 Å². The van der Waals surface area contributed by atoms with E-state index in [1.54, 1.807) is 0 Å². The number of nitrogens with two attached hydrogens (primary N) is 1. The van der Waals surface area contributed by atoms with Gasteiger partial charge in [0.25, 0.3) is 5.91 Å². The van der Waals surface area contributed by atoms with Crippen molar-refractivity contribution in [2.24, 2.45) is 0 Å². The number of hydrogen-bond donors (Lipinski definition) is 1. The molecular weight excluding hydrogens is 240 g/mol. The van der Waals surface area contributed by atoms with Crippen LogP contribution in [0.4, 0.5) is 0 Å². The predicted octanol–water partition coefficient (Wildman–Crippen LogP) is 0.396. The Labute approximate surface area is 114 Å². The number of benzene rings is 1. The first kappa shape index (κ1) is 13.9. The summed E-state index contributed by atoms with van der Waals surface area (Å²) in [5.41, 5.74) is 3.48. The zero-order valence-electron chi connectivity index (χ0n) is 12.0. The third-order valence-electron chi connectivity index (χ3n) is 3.67. The van der Waals surface area contributed by atoms with Crippen molar-refractivity contribution in [1.29, 1.82) is 0 Å². The summed E-state index contributed by atoms with van der Waals surface area (Å²) in [6, 6.07) is 4.13. The second-order valence-corrected chi connectivity index (χ2v) is 5.24. The molecule has 104 valence electrons. The van der Waals surface area contributed by atoms with Crippen molar-refractivity contribution >= 4 is 5.91 Å². The number of piperazine rings is 1. The fraction of sp³-hybridized carbons (Fsp3) is 0.533. The summed E-state index contributed by atoms with van der Waals surface area (Å²) in [6.45, 7) is 9.93. The van der Waals surface area contributed by atoms with Gasteiger partial charge in [-0.1, -0.05) is 6.07 Å². The van der Waals surface area contributed by atoms with Crippen molar-refractivity contribution in [2.75, 3.05) is 32.8 Å². The number of amides is 1. The number of rotatable bonds is 3. The molecule has 0 aromatic heterocycles. The van der Waals surface area contributed by atoms with E-state index in [9.17, 15) is 4.79 Å². The van der Waals surface area contributed by atoms with Crippen molar-refractivity contribution in [1.82, 2.24) is 4.90 Å². The summed E-state index contributed by atoms with van der Waals surface area (Å²) < 4.78 is 5.71. The fourth-order valence-corrected chi connectivity index (χ4v) is 2.38. The normalized spacial score (nSPS) is 15.4. The van der Waals surface area contributed by atoms with Gasteiger partial charge in [0.2, 0.25) is 0 Å². The van der Waals surface area contributed by atoms with Crippen molar-refractivity contribution in [3.63, 3.8) is 0 Å². The summed E-state index contributed by atoms with van der Waals surface area (Å²) in [5.74, 6) is 0.918. The van der Waals surface area contributed by atoms with E-state index in [4.69, 9.17) is 4.74 Å². The molecular formula is C15H23N2O2+. The molecule has 0 spiro atoms. The first-order valence-corrected chi connectivity index (χ1v) is 6.88. The number of carbonyl (C=O) groups excluding carboxylic acids is 1. The highest BCUT2D eigenvalue weighted by atomic mass is 16.5. The van der Waals surface area contributed by atoms with E-state index in [0.717, 1.165) is 43.1 Å². The van der Waals surface area contributed by atoms with Crippen LogP contribution in [-0.4, -0.2) is 43.6 Å². The molecule has 19 heavy (non-hydrogen) atoms. The molecule has 2 rings (SSSR count). The molecule has 0 bridgehead atoms. The average Bonchev–Trinajstić information content (AvgIpc) is 2.41. The molecule has 1 aliphatic heterocycles. The minimum Gasteiger partial charge on any atom is -0.483 e. The van der Waals surface area contributed by atoms with Crippen LogP contribution in [0.15, 0.2) is 12.1 Å². The summed E-state index contributed by atoms with van der Waals surface area (Å²) in [7, 11) is 0. The molecule has 4 nitrogen and oxygen atoms in total. The van der Waals surface area contributed by atoms with Gasteiger partial charge in [-0.15, -0.1) is 0 Å². The topological polar surface area (TPSA) is 46.1 Å². The Hall–Kier alpha value is -1.55. The molecule has 0 aliphatic carbocycles. The van der Waals surface area contributed by atoms with Gasteiger partial charge in [-0.2, -0.15) is 0 Å². The quantitative estimate of drug-likeness (QED) is 0.858. The van der Waals surface area contributed by atoms with Gasteiger partial charge in [0.05, 0.1) is 26.2 Å². The van der Waals surface area contributed by atoms with Gasteiger partial charge in [-0.25, -0.2) is 0 Å². The van der Waals surface area contributed by atoms with Crippen LogP contribution in [0, 0.1) is 20.8 Å². The van der Waals surface area contributed by atoms with Crippen LogP contribution in [0.5, 0.6) is 5.75 Å². The van der Waals surface area contributed by atoms with Crippen LogP contribution < -0.4 is 10.1 Å². The summed E-state index contributed by atoms with van der Waals surface area (Å²) in [4.78, 5) is 13.9. The number of hydrogen-bond acceptors (Lipinski definition) is 2. The van der Waals surface area contributed by atoms with E-state index in [0.29, 0.717) is 0 Å². The monoisotopic (exact) mass is 263 g/mol. The number of carbonyl (C=O) groups is 1. The smallest absolute Gasteiger partial charge is 0.260 e. The second-order valence-electron chi connectivity index (χ2n) is 5.24. The Bertz CT molecular complexity index is 465. The zero-order valence-corrected chi connectivity index (χ0v) is 12.0. The number of aryl methyl sites for hydroxylation is 2. The highest BCUT2D eigenvalue weighted by molar-refractivity contribution is 5.77. The Morgan fingerprint density at radius 3 is 2.63 bits per heavy atom. The largest absolute Gasteiger partial charge is 0.483 e. The molecule has 1 saturated heterocycles. The van der Waals surface area contributed by atoms with Gasteiger partial charge in [0.15, 0.2) is 6.61 Å². The van der Waals surface area contributed by atoms with Crippen LogP contribution in [-0.2, 0) is 4.79 Å². The molecule has 4 heteroatoms. The Morgan fingerprint density at radius 2 is 1.95 bits per heavy atom. The number of quaternary nitrogens is 1. The maximum absolute atomic E-state index is 12.0. The van der Waals surface area contributed by atoms with Crippen LogP contribution in [0.25, 0.3) is 0 Å². The van der Waals surface area contributed by atoms with E-state index in [-0.39, 0.29) is 12.5 Å². The third kappa shape index (κ3) is 3.47. The Morgan fingerprint density at radius 1 is 1.26 bits per heavy atom. The van der Waals surface area contributed by atoms with Crippen molar-refractivity contribution < 1.29 is 14.8 Å². The first-order valence-electron chi connectivity index (χ1n) is 6.88. The van der Waals surface area contributed by atoms with E-state index in [1.165, 1.54) is 5.56 Å². The molecule has 0 saturated carbocycles. The molecule has 0 radical (unpaired) electrons. The van der Waals surface area contributed by atoms with Gasteiger partial charge < -0.3 is 15.0 Å². The van der Waals surface area contributed by atoms with Gasteiger partial charge in [-0.05, 0) is 43.5 Å². The lowest BCUT2D eigenvalue weighted by atomic mass is 10.1. The van der Waals surface area contributed by atoms with Crippen molar-refractivity contribution in [2.45, 2.75) is 20.8 Å².